The van der Waals surface area contributed by atoms with Crippen LogP contribution in [0.25, 0.3) is 0 Å². The standard InChI is InChI=1S/C18H36N2O4Si/c1-10-13(19-22)15-14(24-25(8,9)18(5,6)7)11-12-20(15)16(21)23-17(2,3)4/h14-15,22H,10-12H2,1-9H3/b19-13+/t14-,15+/m0/s1. The molecule has 2 atom stereocenters. The van der Waals surface area contributed by atoms with Gasteiger partial charge in [0.25, 0.3) is 0 Å². The second kappa shape index (κ2) is 7.66. The maximum atomic E-state index is 12.6. The minimum Gasteiger partial charge on any atom is -0.444 e. The van der Waals surface area contributed by atoms with Crippen LogP contribution in [0.4, 0.5) is 4.79 Å². The van der Waals surface area contributed by atoms with Crippen LogP contribution < -0.4 is 0 Å². The van der Waals surface area contributed by atoms with Gasteiger partial charge in [-0.2, -0.15) is 0 Å². The average molecular weight is 373 g/mol. The summed E-state index contributed by atoms with van der Waals surface area (Å²) in [5, 5.41) is 13.0. The molecule has 0 bridgehead atoms. The lowest BCUT2D eigenvalue weighted by atomic mass is 10.0. The quantitative estimate of drug-likeness (QED) is 0.338. The number of carbonyl (C=O) groups excluding carboxylic acids is 1. The summed E-state index contributed by atoms with van der Waals surface area (Å²) in [6.07, 6.45) is 0.723. The molecule has 0 aromatic heterocycles. The van der Waals surface area contributed by atoms with Gasteiger partial charge in [-0.15, -0.1) is 0 Å². The lowest BCUT2D eigenvalue weighted by Gasteiger charge is -2.40. The van der Waals surface area contributed by atoms with E-state index in [1.165, 1.54) is 0 Å². The van der Waals surface area contributed by atoms with Crippen molar-refractivity contribution in [2.24, 2.45) is 5.16 Å². The molecular weight excluding hydrogens is 336 g/mol. The number of nitrogens with zero attached hydrogens (tertiary/aromatic N) is 2. The van der Waals surface area contributed by atoms with Crippen LogP contribution in [0.1, 0.15) is 61.3 Å². The Morgan fingerprint density at radius 2 is 1.80 bits per heavy atom. The van der Waals surface area contributed by atoms with E-state index in [0.29, 0.717) is 18.7 Å². The van der Waals surface area contributed by atoms with Gasteiger partial charge in [-0.05, 0) is 51.7 Å². The fourth-order valence-corrected chi connectivity index (χ4v) is 4.06. The zero-order valence-corrected chi connectivity index (χ0v) is 18.3. The number of oxime groups is 1. The summed E-state index contributed by atoms with van der Waals surface area (Å²) in [4.78, 5) is 14.3. The summed E-state index contributed by atoms with van der Waals surface area (Å²) >= 11 is 0. The fraction of sp³-hybridized carbons (Fsp3) is 0.889. The van der Waals surface area contributed by atoms with Crippen LogP contribution >= 0.6 is 0 Å². The van der Waals surface area contributed by atoms with Crippen LogP contribution in [0.3, 0.4) is 0 Å². The van der Waals surface area contributed by atoms with Gasteiger partial charge in [0.2, 0.25) is 0 Å². The second-order valence-corrected chi connectivity index (χ2v) is 14.0. The Morgan fingerprint density at radius 3 is 2.20 bits per heavy atom. The summed E-state index contributed by atoms with van der Waals surface area (Å²) in [5.41, 5.74) is -0.00462. The monoisotopic (exact) mass is 372 g/mol. The first-order valence-electron chi connectivity index (χ1n) is 9.11. The van der Waals surface area contributed by atoms with Gasteiger partial charge in [0.15, 0.2) is 8.32 Å². The van der Waals surface area contributed by atoms with Gasteiger partial charge in [-0.3, -0.25) is 4.90 Å². The number of ether oxygens (including phenoxy) is 1. The molecule has 25 heavy (non-hydrogen) atoms. The molecule has 146 valence electrons. The molecule has 0 spiro atoms. The molecule has 0 radical (unpaired) electrons. The minimum absolute atomic E-state index is 0.0691. The number of carbonyl (C=O) groups is 1. The molecule has 1 aliphatic rings. The van der Waals surface area contributed by atoms with Crippen LogP contribution in [-0.4, -0.2) is 54.5 Å². The van der Waals surface area contributed by atoms with Crippen molar-refractivity contribution in [3.05, 3.63) is 0 Å². The molecule has 1 heterocycles. The molecular formula is C18H36N2O4Si. The molecule has 0 aliphatic carbocycles. The molecule has 1 amide bonds. The summed E-state index contributed by atoms with van der Waals surface area (Å²) < 4.78 is 12.1. The first kappa shape index (κ1) is 22.0. The van der Waals surface area contributed by atoms with Gasteiger partial charge < -0.3 is 14.4 Å². The Labute approximate surface area is 153 Å². The Morgan fingerprint density at radius 1 is 1.24 bits per heavy atom. The maximum Gasteiger partial charge on any atom is 0.410 e. The van der Waals surface area contributed by atoms with E-state index in [1.54, 1.807) is 4.90 Å². The summed E-state index contributed by atoms with van der Waals surface area (Å²) in [6, 6.07) is -0.376. The van der Waals surface area contributed by atoms with E-state index in [0.717, 1.165) is 6.42 Å². The largest absolute Gasteiger partial charge is 0.444 e. The lowest BCUT2D eigenvalue weighted by Crippen LogP contribution is -2.52. The lowest BCUT2D eigenvalue weighted by molar-refractivity contribution is 0.0226. The first-order valence-corrected chi connectivity index (χ1v) is 12.0. The van der Waals surface area contributed by atoms with Gasteiger partial charge in [-0.25, -0.2) is 4.79 Å². The van der Waals surface area contributed by atoms with Gasteiger partial charge in [-0.1, -0.05) is 32.9 Å². The highest BCUT2D eigenvalue weighted by Gasteiger charge is 2.47. The highest BCUT2D eigenvalue weighted by atomic mass is 28.4. The number of likely N-dealkylation sites (tertiary alicyclic amines) is 1. The molecule has 1 aliphatic heterocycles. The SMILES string of the molecule is CC/C(=N\O)[C@@H]1[C@@H](O[Si](C)(C)C(C)(C)C)CCN1C(=O)OC(C)(C)C. The van der Waals surface area contributed by atoms with Gasteiger partial charge in [0.1, 0.15) is 11.6 Å². The van der Waals surface area contributed by atoms with Crippen molar-refractivity contribution in [3.63, 3.8) is 0 Å². The minimum atomic E-state index is -2.01. The highest BCUT2D eigenvalue weighted by Crippen LogP contribution is 2.39. The number of amides is 1. The topological polar surface area (TPSA) is 71.4 Å². The molecule has 1 N–H and O–H groups in total. The van der Waals surface area contributed by atoms with Crippen LogP contribution in [0.5, 0.6) is 0 Å². The third-order valence-corrected chi connectivity index (χ3v) is 9.56. The van der Waals surface area contributed by atoms with Crippen LogP contribution in [-0.2, 0) is 9.16 Å². The van der Waals surface area contributed by atoms with E-state index in [-0.39, 0.29) is 23.3 Å². The second-order valence-electron chi connectivity index (χ2n) is 9.27. The Balaban J connectivity index is 3.10. The van der Waals surface area contributed by atoms with Crippen LogP contribution in [0.2, 0.25) is 18.1 Å². The molecule has 0 saturated carbocycles. The third-order valence-electron chi connectivity index (χ3n) is 5.05. The predicted octanol–water partition coefficient (Wildman–Crippen LogP) is 4.63. The van der Waals surface area contributed by atoms with E-state index in [2.05, 4.69) is 39.0 Å². The van der Waals surface area contributed by atoms with Gasteiger partial charge in [0.05, 0.1) is 11.8 Å². The van der Waals surface area contributed by atoms with Crippen molar-refractivity contribution in [1.29, 1.82) is 0 Å². The van der Waals surface area contributed by atoms with E-state index >= 15 is 0 Å². The molecule has 7 heteroatoms. The molecule has 6 nitrogen and oxygen atoms in total. The van der Waals surface area contributed by atoms with E-state index in [1.807, 2.05) is 27.7 Å². The van der Waals surface area contributed by atoms with Crippen molar-refractivity contribution >= 4 is 20.1 Å². The third kappa shape index (κ3) is 5.44. The van der Waals surface area contributed by atoms with E-state index in [9.17, 15) is 10.0 Å². The van der Waals surface area contributed by atoms with Crippen molar-refractivity contribution in [3.8, 4) is 0 Å². The van der Waals surface area contributed by atoms with Crippen LogP contribution in [0.15, 0.2) is 5.16 Å². The normalized spacial score (nSPS) is 23.1. The van der Waals surface area contributed by atoms with Gasteiger partial charge >= 0.3 is 6.09 Å². The van der Waals surface area contributed by atoms with Crippen molar-refractivity contribution in [2.45, 2.75) is 97.2 Å². The number of hydrogen-bond acceptors (Lipinski definition) is 5. The Bertz CT molecular complexity index is 506. The average Bonchev–Trinajstić information content (AvgIpc) is 2.80. The highest BCUT2D eigenvalue weighted by molar-refractivity contribution is 6.74. The summed E-state index contributed by atoms with van der Waals surface area (Å²) in [6.45, 7) is 19.0. The van der Waals surface area contributed by atoms with E-state index < -0.39 is 13.9 Å². The number of hydrogen-bond donors (Lipinski definition) is 1. The maximum absolute atomic E-state index is 12.6. The van der Waals surface area contributed by atoms with Gasteiger partial charge in [0, 0.05) is 6.54 Å². The fourth-order valence-electron chi connectivity index (χ4n) is 2.70. The van der Waals surface area contributed by atoms with Crippen molar-refractivity contribution in [2.75, 3.05) is 6.54 Å². The zero-order chi connectivity index (χ0) is 19.6. The molecule has 1 rings (SSSR count). The predicted molar refractivity (Wildman–Crippen MR) is 103 cm³/mol. The van der Waals surface area contributed by atoms with Crippen LogP contribution in [0, 0.1) is 0 Å². The Kier molecular flexibility index (Phi) is 6.73. The molecule has 1 saturated heterocycles. The summed E-state index contributed by atoms with van der Waals surface area (Å²) in [5.74, 6) is 0. The molecule has 0 aromatic rings. The molecule has 1 fully saturated rings. The smallest absolute Gasteiger partial charge is 0.410 e. The summed E-state index contributed by atoms with van der Waals surface area (Å²) in [7, 11) is -2.01. The molecule has 0 unspecified atom stereocenters. The van der Waals surface area contributed by atoms with Crippen molar-refractivity contribution in [1.82, 2.24) is 4.90 Å². The first-order chi connectivity index (χ1) is 11.2. The zero-order valence-electron chi connectivity index (χ0n) is 17.3. The Hall–Kier alpha value is -1.08. The molecule has 0 aromatic carbocycles. The van der Waals surface area contributed by atoms with E-state index in [4.69, 9.17) is 9.16 Å². The number of rotatable bonds is 4. The van der Waals surface area contributed by atoms with Crippen molar-refractivity contribution < 1.29 is 19.2 Å².